The van der Waals surface area contributed by atoms with Gasteiger partial charge in [0, 0.05) is 24.2 Å². The van der Waals surface area contributed by atoms with Gasteiger partial charge in [-0.15, -0.1) is 0 Å². The minimum Gasteiger partial charge on any atom is -0.508 e. The molecule has 0 aromatic heterocycles. The third kappa shape index (κ3) is 1.68. The van der Waals surface area contributed by atoms with E-state index in [4.69, 9.17) is 0 Å². The van der Waals surface area contributed by atoms with Crippen LogP contribution in [0.3, 0.4) is 0 Å². The molecule has 3 nitrogen and oxygen atoms in total. The fraction of sp³-hybridized carbons (Fsp3) is 0.579. The Hall–Kier alpha value is -1.64. The van der Waals surface area contributed by atoms with Gasteiger partial charge < -0.3 is 5.11 Å². The van der Waals surface area contributed by atoms with Gasteiger partial charge >= 0.3 is 0 Å². The van der Waals surface area contributed by atoms with E-state index in [0.29, 0.717) is 30.4 Å². The molecule has 22 heavy (non-hydrogen) atoms. The van der Waals surface area contributed by atoms with Crippen molar-refractivity contribution in [2.45, 2.75) is 51.9 Å². The highest BCUT2D eigenvalue weighted by molar-refractivity contribution is 5.97. The maximum atomic E-state index is 12.9. The second-order valence-electron chi connectivity index (χ2n) is 7.64. The molecular formula is C19H22O3. The molecule has 1 aromatic carbocycles. The Bertz CT molecular complexity index is 690. The second-order valence-corrected chi connectivity index (χ2v) is 7.64. The number of aromatic hydroxyl groups is 1. The van der Waals surface area contributed by atoms with Gasteiger partial charge in [-0.3, -0.25) is 9.59 Å². The number of carbonyl (C=O) groups is 2. The molecule has 4 atom stereocenters. The van der Waals surface area contributed by atoms with Gasteiger partial charge in [0.25, 0.3) is 0 Å². The molecule has 1 aromatic rings. The first-order valence-corrected chi connectivity index (χ1v) is 8.30. The van der Waals surface area contributed by atoms with Gasteiger partial charge in [0.1, 0.15) is 17.3 Å². The Morgan fingerprint density at radius 3 is 2.73 bits per heavy atom. The predicted octanol–water partition coefficient (Wildman–Crippen LogP) is 3.30. The number of ketones is 2. The van der Waals surface area contributed by atoms with Crippen molar-refractivity contribution >= 4 is 11.6 Å². The summed E-state index contributed by atoms with van der Waals surface area (Å²) in [5, 5.41) is 9.83. The predicted molar refractivity (Wildman–Crippen MR) is 82.9 cm³/mol. The molecule has 0 heterocycles. The van der Waals surface area contributed by atoms with Crippen LogP contribution in [0.4, 0.5) is 0 Å². The number of fused-ring (bicyclic) bond motifs is 5. The summed E-state index contributed by atoms with van der Waals surface area (Å²) >= 11 is 0. The van der Waals surface area contributed by atoms with Crippen LogP contribution in [-0.4, -0.2) is 16.7 Å². The first kappa shape index (κ1) is 14.0. The maximum absolute atomic E-state index is 12.9. The summed E-state index contributed by atoms with van der Waals surface area (Å²) in [6.45, 7) is 4.00. The highest BCUT2D eigenvalue weighted by Gasteiger charge is 2.57. The highest BCUT2D eigenvalue weighted by Crippen LogP contribution is 2.58. The van der Waals surface area contributed by atoms with Crippen LogP contribution in [0.5, 0.6) is 5.75 Å². The van der Waals surface area contributed by atoms with Crippen molar-refractivity contribution in [1.82, 2.24) is 0 Å². The molecule has 0 amide bonds. The standard InChI is InChI=1S/C19H22O3/c1-10-7-12(20)8-11-3-4-13-14-5-6-16(22)19(14,2)9-15(21)18(13)17(10)11/h7-8,13-14,18,20H,3-6,9H2,1-2H3/t13-,14-,18+,19-/m0/s1. The Kier molecular flexibility index (Phi) is 2.82. The second kappa shape index (κ2) is 4.43. The Labute approximate surface area is 130 Å². The van der Waals surface area contributed by atoms with Gasteiger partial charge in [-0.05, 0) is 66.8 Å². The summed E-state index contributed by atoms with van der Waals surface area (Å²) in [6, 6.07) is 3.58. The molecule has 4 rings (SSSR count). The molecule has 2 saturated carbocycles. The van der Waals surface area contributed by atoms with E-state index in [1.165, 1.54) is 0 Å². The average Bonchev–Trinajstić information content (AvgIpc) is 2.74. The van der Waals surface area contributed by atoms with E-state index in [-0.39, 0.29) is 17.5 Å². The van der Waals surface area contributed by atoms with Gasteiger partial charge in [-0.2, -0.15) is 0 Å². The number of rotatable bonds is 0. The van der Waals surface area contributed by atoms with Crippen LogP contribution in [-0.2, 0) is 16.0 Å². The lowest BCUT2D eigenvalue weighted by atomic mass is 9.55. The van der Waals surface area contributed by atoms with E-state index in [0.717, 1.165) is 36.0 Å². The van der Waals surface area contributed by atoms with Crippen molar-refractivity contribution in [1.29, 1.82) is 0 Å². The lowest BCUT2D eigenvalue weighted by Gasteiger charge is -2.47. The number of hydrogen-bond acceptors (Lipinski definition) is 3. The minimum absolute atomic E-state index is 0.0617. The van der Waals surface area contributed by atoms with Crippen molar-refractivity contribution in [2.75, 3.05) is 0 Å². The van der Waals surface area contributed by atoms with E-state index >= 15 is 0 Å². The van der Waals surface area contributed by atoms with E-state index in [9.17, 15) is 14.7 Å². The van der Waals surface area contributed by atoms with Crippen molar-refractivity contribution in [2.24, 2.45) is 17.3 Å². The van der Waals surface area contributed by atoms with E-state index in [1.807, 2.05) is 19.9 Å². The summed E-state index contributed by atoms with van der Waals surface area (Å²) < 4.78 is 0. The molecule has 2 fully saturated rings. The Morgan fingerprint density at radius 2 is 1.95 bits per heavy atom. The quantitative estimate of drug-likeness (QED) is 0.799. The third-order valence-corrected chi connectivity index (χ3v) is 6.49. The van der Waals surface area contributed by atoms with Crippen LogP contribution in [0.1, 0.15) is 55.2 Å². The zero-order chi connectivity index (χ0) is 15.6. The van der Waals surface area contributed by atoms with Crippen molar-refractivity contribution in [3.8, 4) is 5.75 Å². The normalized spacial score (nSPS) is 36.7. The zero-order valence-electron chi connectivity index (χ0n) is 13.2. The largest absolute Gasteiger partial charge is 0.508 e. The van der Waals surface area contributed by atoms with Crippen LogP contribution < -0.4 is 0 Å². The van der Waals surface area contributed by atoms with E-state index in [2.05, 4.69) is 0 Å². The first-order valence-electron chi connectivity index (χ1n) is 8.30. The number of hydrogen-bond donors (Lipinski definition) is 1. The van der Waals surface area contributed by atoms with E-state index < -0.39 is 5.41 Å². The number of Topliss-reactive ketones (excluding diaryl/α,β-unsaturated/α-hetero) is 2. The molecule has 3 heteroatoms. The van der Waals surface area contributed by atoms with Crippen LogP contribution in [0, 0.1) is 24.2 Å². The van der Waals surface area contributed by atoms with Crippen LogP contribution in [0.15, 0.2) is 12.1 Å². The molecule has 0 bridgehead atoms. The number of benzene rings is 1. The van der Waals surface area contributed by atoms with Gasteiger partial charge in [0.2, 0.25) is 0 Å². The number of phenols is 1. The maximum Gasteiger partial charge on any atom is 0.141 e. The molecule has 3 aliphatic rings. The SMILES string of the molecule is Cc1cc(O)cc2c1[C@H]1C(=O)C[C@]3(C)C(=O)CC[C@H]3[C@@H]1CC2. The van der Waals surface area contributed by atoms with Crippen LogP contribution in [0.25, 0.3) is 0 Å². The summed E-state index contributed by atoms with van der Waals surface area (Å²) in [7, 11) is 0. The Morgan fingerprint density at radius 1 is 1.18 bits per heavy atom. The molecule has 116 valence electrons. The smallest absolute Gasteiger partial charge is 0.141 e. The van der Waals surface area contributed by atoms with Crippen LogP contribution in [0.2, 0.25) is 0 Å². The van der Waals surface area contributed by atoms with Gasteiger partial charge in [0.15, 0.2) is 0 Å². The summed E-state index contributed by atoms with van der Waals surface area (Å²) in [5.41, 5.74) is 2.87. The van der Waals surface area contributed by atoms with Crippen molar-refractivity contribution in [3.63, 3.8) is 0 Å². The lowest BCUT2D eigenvalue weighted by molar-refractivity contribution is -0.139. The molecule has 1 N–H and O–H groups in total. The molecule has 0 radical (unpaired) electrons. The molecule has 0 spiro atoms. The van der Waals surface area contributed by atoms with Crippen LogP contribution >= 0.6 is 0 Å². The highest BCUT2D eigenvalue weighted by atomic mass is 16.3. The average molecular weight is 298 g/mol. The number of carbonyl (C=O) groups excluding carboxylic acids is 2. The van der Waals surface area contributed by atoms with Gasteiger partial charge in [0.05, 0.1) is 0 Å². The molecule has 0 aliphatic heterocycles. The summed E-state index contributed by atoms with van der Waals surface area (Å²) in [4.78, 5) is 25.2. The van der Waals surface area contributed by atoms with Gasteiger partial charge in [-0.1, -0.05) is 6.92 Å². The lowest BCUT2D eigenvalue weighted by Crippen LogP contribution is -2.47. The first-order chi connectivity index (χ1) is 10.4. The number of aryl methyl sites for hydroxylation is 2. The van der Waals surface area contributed by atoms with Crippen molar-refractivity contribution in [3.05, 3.63) is 28.8 Å². The zero-order valence-corrected chi connectivity index (χ0v) is 13.2. The van der Waals surface area contributed by atoms with Crippen molar-refractivity contribution < 1.29 is 14.7 Å². The third-order valence-electron chi connectivity index (χ3n) is 6.49. The summed E-state index contributed by atoms with van der Waals surface area (Å²) in [6.07, 6.45) is 3.84. The fourth-order valence-electron chi connectivity index (χ4n) is 5.52. The number of phenolic OH excluding ortho intramolecular Hbond substituents is 1. The molecule has 0 unspecified atom stereocenters. The monoisotopic (exact) mass is 298 g/mol. The van der Waals surface area contributed by atoms with Gasteiger partial charge in [-0.25, -0.2) is 0 Å². The molecule has 3 aliphatic carbocycles. The fourth-order valence-corrected chi connectivity index (χ4v) is 5.52. The summed E-state index contributed by atoms with van der Waals surface area (Å²) in [5.74, 6) is 1.40. The Balaban J connectivity index is 1.84. The molecular weight excluding hydrogens is 276 g/mol. The minimum atomic E-state index is -0.416. The molecule has 0 saturated heterocycles. The van der Waals surface area contributed by atoms with E-state index in [1.54, 1.807) is 6.07 Å². The topological polar surface area (TPSA) is 54.4 Å².